The molecule has 1 aromatic carbocycles. The first-order chi connectivity index (χ1) is 8.86. The number of aromatic nitrogens is 4. The Bertz CT molecular complexity index is 712. The molecule has 0 aliphatic carbocycles. The number of hydrogen-bond acceptors (Lipinski definition) is 5. The monoisotopic (exact) mass is 256 g/mol. The smallest absolute Gasteiger partial charge is 0.193 e. The van der Waals surface area contributed by atoms with E-state index in [0.717, 1.165) is 10.9 Å². The van der Waals surface area contributed by atoms with Crippen LogP contribution in [-0.2, 0) is 4.57 Å². The van der Waals surface area contributed by atoms with Crippen LogP contribution >= 0.6 is 7.80 Å². The van der Waals surface area contributed by atoms with E-state index >= 15 is 0 Å². The molecule has 0 spiro atoms. The molecule has 6 heteroatoms. The van der Waals surface area contributed by atoms with Gasteiger partial charge >= 0.3 is 0 Å². The molecule has 3 rings (SSSR count). The van der Waals surface area contributed by atoms with Crippen molar-refractivity contribution in [2.75, 3.05) is 0 Å². The molecule has 0 bridgehead atoms. The SMILES string of the molecule is O=[PH](c1ncncn1)c1cccc2cccnc12. The molecule has 0 aliphatic rings. The third-order valence-corrected chi connectivity index (χ3v) is 4.13. The average molecular weight is 256 g/mol. The van der Waals surface area contributed by atoms with Crippen LogP contribution in [0, 0.1) is 0 Å². The third kappa shape index (κ3) is 1.89. The molecule has 18 heavy (non-hydrogen) atoms. The van der Waals surface area contributed by atoms with Gasteiger partial charge in [-0.25, -0.2) is 15.0 Å². The molecule has 0 saturated carbocycles. The first-order valence-corrected chi connectivity index (χ1v) is 6.77. The number of para-hydroxylation sites is 1. The van der Waals surface area contributed by atoms with Crippen molar-refractivity contribution in [3.63, 3.8) is 0 Å². The van der Waals surface area contributed by atoms with E-state index in [2.05, 4.69) is 19.9 Å². The minimum Gasteiger partial charge on any atom is -0.314 e. The molecule has 2 aromatic heterocycles. The molecule has 0 amide bonds. The maximum Gasteiger partial charge on any atom is 0.193 e. The van der Waals surface area contributed by atoms with Crippen molar-refractivity contribution >= 4 is 29.6 Å². The highest BCUT2D eigenvalue weighted by atomic mass is 31.1. The standard InChI is InChI=1S/C12H9N4OP/c17-18(12-15-7-13-8-16-12)10-5-1-3-9-4-2-6-14-11(9)10/h1-8,18H. The Morgan fingerprint density at radius 1 is 0.944 bits per heavy atom. The third-order valence-electron chi connectivity index (χ3n) is 2.57. The topological polar surface area (TPSA) is 68.6 Å². The number of hydrogen-bond donors (Lipinski definition) is 0. The first-order valence-electron chi connectivity index (χ1n) is 5.37. The van der Waals surface area contributed by atoms with E-state index in [1.54, 1.807) is 12.3 Å². The lowest BCUT2D eigenvalue weighted by atomic mass is 10.2. The summed E-state index contributed by atoms with van der Waals surface area (Å²) in [6, 6.07) is 9.40. The van der Waals surface area contributed by atoms with Gasteiger partial charge in [0.2, 0.25) is 0 Å². The van der Waals surface area contributed by atoms with Crippen LogP contribution in [0.1, 0.15) is 0 Å². The fourth-order valence-electron chi connectivity index (χ4n) is 1.76. The highest BCUT2D eigenvalue weighted by molar-refractivity contribution is 7.61. The number of pyridine rings is 1. The fraction of sp³-hybridized carbons (Fsp3) is 0. The van der Waals surface area contributed by atoms with Gasteiger partial charge in [0.25, 0.3) is 0 Å². The molecule has 1 atom stereocenters. The lowest BCUT2D eigenvalue weighted by Crippen LogP contribution is -2.15. The zero-order chi connectivity index (χ0) is 12.4. The predicted molar refractivity (Wildman–Crippen MR) is 69.8 cm³/mol. The molecular formula is C12H9N4OP. The van der Waals surface area contributed by atoms with Gasteiger partial charge in [-0.1, -0.05) is 18.2 Å². The van der Waals surface area contributed by atoms with E-state index in [1.807, 2.05) is 24.3 Å². The van der Waals surface area contributed by atoms with Crippen LogP contribution in [0.2, 0.25) is 0 Å². The molecule has 3 aromatic rings. The molecule has 1 unspecified atom stereocenters. The summed E-state index contributed by atoms with van der Waals surface area (Å²) in [4.78, 5) is 15.9. The molecule has 5 nitrogen and oxygen atoms in total. The lowest BCUT2D eigenvalue weighted by molar-refractivity contribution is 0.597. The van der Waals surface area contributed by atoms with Gasteiger partial charge in [0.05, 0.1) is 5.52 Å². The number of fused-ring (bicyclic) bond motifs is 1. The van der Waals surface area contributed by atoms with E-state index in [-0.39, 0.29) is 0 Å². The van der Waals surface area contributed by atoms with Crippen LogP contribution in [0.5, 0.6) is 0 Å². The molecule has 0 radical (unpaired) electrons. The van der Waals surface area contributed by atoms with E-state index in [0.29, 0.717) is 10.9 Å². The second-order valence-electron chi connectivity index (χ2n) is 3.67. The largest absolute Gasteiger partial charge is 0.314 e. The second kappa shape index (κ2) is 4.63. The van der Waals surface area contributed by atoms with Gasteiger partial charge in [-0.15, -0.1) is 0 Å². The van der Waals surface area contributed by atoms with E-state index in [9.17, 15) is 4.57 Å². The molecular weight excluding hydrogens is 247 g/mol. The molecule has 0 aliphatic heterocycles. The molecule has 2 heterocycles. The van der Waals surface area contributed by atoms with Crippen molar-refractivity contribution < 1.29 is 4.57 Å². The van der Waals surface area contributed by atoms with Crippen LogP contribution in [0.4, 0.5) is 0 Å². The fourth-order valence-corrected chi connectivity index (χ4v) is 3.03. The summed E-state index contributed by atoms with van der Waals surface area (Å²) < 4.78 is 12.5. The Kier molecular flexibility index (Phi) is 2.82. The Balaban J connectivity index is 2.18. The molecule has 0 saturated heterocycles. The van der Waals surface area contributed by atoms with Crippen LogP contribution in [0.3, 0.4) is 0 Å². The van der Waals surface area contributed by atoms with Crippen molar-refractivity contribution in [1.82, 2.24) is 19.9 Å². The number of rotatable bonds is 2. The highest BCUT2D eigenvalue weighted by Gasteiger charge is 2.13. The van der Waals surface area contributed by atoms with Crippen molar-refractivity contribution in [2.45, 2.75) is 0 Å². The van der Waals surface area contributed by atoms with Crippen LogP contribution in [0.25, 0.3) is 10.9 Å². The Labute approximate surface area is 104 Å². The second-order valence-corrected chi connectivity index (χ2v) is 5.32. The Morgan fingerprint density at radius 2 is 1.72 bits per heavy atom. The van der Waals surface area contributed by atoms with Crippen molar-refractivity contribution in [3.05, 3.63) is 49.2 Å². The van der Waals surface area contributed by atoms with Crippen LogP contribution in [0.15, 0.2) is 49.2 Å². The summed E-state index contributed by atoms with van der Waals surface area (Å²) in [6.45, 7) is 0. The van der Waals surface area contributed by atoms with Gasteiger partial charge in [-0.05, 0) is 12.1 Å². The highest BCUT2D eigenvalue weighted by Crippen LogP contribution is 2.21. The summed E-state index contributed by atoms with van der Waals surface area (Å²) in [6.07, 6.45) is 4.39. The Morgan fingerprint density at radius 3 is 2.56 bits per heavy atom. The van der Waals surface area contributed by atoms with Crippen molar-refractivity contribution in [3.8, 4) is 0 Å². The summed E-state index contributed by atoms with van der Waals surface area (Å²) in [5.41, 5.74) is 1.05. The van der Waals surface area contributed by atoms with Crippen molar-refractivity contribution in [2.24, 2.45) is 0 Å². The Hall–Kier alpha value is -2.13. The minimum absolute atomic E-state index is 0.313. The summed E-state index contributed by atoms with van der Waals surface area (Å²) in [7, 11) is -2.24. The van der Waals surface area contributed by atoms with Gasteiger partial charge in [0.1, 0.15) is 12.7 Å². The molecule has 88 valence electrons. The zero-order valence-electron chi connectivity index (χ0n) is 9.32. The van der Waals surface area contributed by atoms with Crippen molar-refractivity contribution in [1.29, 1.82) is 0 Å². The van der Waals surface area contributed by atoms with E-state index in [4.69, 9.17) is 0 Å². The molecule has 0 N–H and O–H groups in total. The quantitative estimate of drug-likeness (QED) is 0.638. The summed E-state index contributed by atoms with van der Waals surface area (Å²) in [5, 5.41) is 1.65. The lowest BCUT2D eigenvalue weighted by Gasteiger charge is -2.04. The first kappa shape index (κ1) is 11.0. The van der Waals surface area contributed by atoms with E-state index in [1.165, 1.54) is 12.7 Å². The van der Waals surface area contributed by atoms with Gasteiger partial charge in [0, 0.05) is 16.9 Å². The maximum atomic E-state index is 12.5. The predicted octanol–water partition coefficient (Wildman–Crippen LogP) is 0.930. The normalized spacial score (nSPS) is 12.4. The maximum absolute atomic E-state index is 12.5. The van der Waals surface area contributed by atoms with Crippen LogP contribution in [-0.4, -0.2) is 19.9 Å². The van der Waals surface area contributed by atoms with Gasteiger partial charge in [-0.2, -0.15) is 0 Å². The number of nitrogens with zero attached hydrogens (tertiary/aromatic N) is 4. The summed E-state index contributed by atoms with van der Waals surface area (Å²) >= 11 is 0. The average Bonchev–Trinajstić information content (AvgIpc) is 2.47. The minimum atomic E-state index is -2.24. The number of benzene rings is 1. The van der Waals surface area contributed by atoms with Crippen LogP contribution < -0.4 is 10.9 Å². The molecule has 0 fully saturated rings. The van der Waals surface area contributed by atoms with Gasteiger partial charge < -0.3 is 4.57 Å². The summed E-state index contributed by atoms with van der Waals surface area (Å²) in [5.74, 6) is 0. The zero-order valence-corrected chi connectivity index (χ0v) is 10.3. The van der Waals surface area contributed by atoms with Gasteiger partial charge in [-0.3, -0.25) is 4.98 Å². The van der Waals surface area contributed by atoms with Gasteiger partial charge in [0.15, 0.2) is 13.4 Å². The van der Waals surface area contributed by atoms with E-state index < -0.39 is 7.80 Å².